The molecule has 31 heavy (non-hydrogen) atoms. The molecule has 2 N–H and O–H groups in total. The van der Waals surface area contributed by atoms with Gasteiger partial charge >= 0.3 is 0 Å². The van der Waals surface area contributed by atoms with Crippen molar-refractivity contribution in [1.82, 2.24) is 25.4 Å². The van der Waals surface area contributed by atoms with Crippen molar-refractivity contribution in [3.63, 3.8) is 0 Å². The van der Waals surface area contributed by atoms with Crippen LogP contribution in [0, 0.1) is 0 Å². The number of hydrogen-bond donors (Lipinski definition) is 2. The van der Waals surface area contributed by atoms with Crippen LogP contribution in [-0.4, -0.2) is 47.5 Å². The molecular formula is C23H31IN6O. The van der Waals surface area contributed by atoms with Crippen LogP contribution in [0.4, 0.5) is 0 Å². The molecule has 3 aromatic rings. The lowest BCUT2D eigenvalue weighted by Gasteiger charge is -2.15. The van der Waals surface area contributed by atoms with E-state index in [9.17, 15) is 0 Å². The molecular weight excluding hydrogens is 503 g/mol. The topological polar surface area (TPSA) is 76.4 Å². The van der Waals surface area contributed by atoms with Gasteiger partial charge in [-0.2, -0.15) is 5.10 Å². The number of hydrogen-bond acceptors (Lipinski definition) is 4. The van der Waals surface area contributed by atoms with E-state index < -0.39 is 0 Å². The number of guanidine groups is 1. The molecule has 1 heterocycles. The molecule has 0 spiro atoms. The molecule has 1 aromatic heterocycles. The first kappa shape index (κ1) is 24.8. The van der Waals surface area contributed by atoms with Gasteiger partial charge in [0.15, 0.2) is 5.96 Å². The fourth-order valence-corrected chi connectivity index (χ4v) is 3.17. The summed E-state index contributed by atoms with van der Waals surface area (Å²) in [4.78, 5) is 8.30. The Morgan fingerprint density at radius 2 is 1.90 bits per heavy atom. The van der Waals surface area contributed by atoms with E-state index in [-0.39, 0.29) is 24.0 Å². The molecule has 0 amide bonds. The SMILES string of the molecule is CCOCCCNC(=NC)NCc1ccccc1-c1ccc(Cn2cncn2)cc1.I. The molecule has 0 aliphatic rings. The summed E-state index contributed by atoms with van der Waals surface area (Å²) in [6.07, 6.45) is 4.23. The number of halogens is 1. The predicted octanol–water partition coefficient (Wildman–Crippen LogP) is 3.70. The molecule has 0 atom stereocenters. The van der Waals surface area contributed by atoms with E-state index in [1.165, 1.54) is 22.3 Å². The van der Waals surface area contributed by atoms with Crippen LogP contribution in [0.5, 0.6) is 0 Å². The summed E-state index contributed by atoms with van der Waals surface area (Å²) >= 11 is 0. The number of ether oxygens (including phenoxy) is 1. The van der Waals surface area contributed by atoms with E-state index in [2.05, 4.69) is 74.2 Å². The largest absolute Gasteiger partial charge is 0.382 e. The number of aliphatic imine (C=N–C) groups is 1. The summed E-state index contributed by atoms with van der Waals surface area (Å²) in [5.41, 5.74) is 4.81. The van der Waals surface area contributed by atoms with Crippen molar-refractivity contribution >= 4 is 29.9 Å². The van der Waals surface area contributed by atoms with E-state index in [1.54, 1.807) is 19.7 Å². The van der Waals surface area contributed by atoms with Crippen molar-refractivity contribution in [2.24, 2.45) is 4.99 Å². The van der Waals surface area contributed by atoms with Crippen molar-refractivity contribution in [3.8, 4) is 11.1 Å². The quantitative estimate of drug-likeness (QED) is 0.180. The van der Waals surface area contributed by atoms with Crippen molar-refractivity contribution in [1.29, 1.82) is 0 Å². The second-order valence-electron chi connectivity index (χ2n) is 6.85. The third-order valence-electron chi connectivity index (χ3n) is 4.73. The van der Waals surface area contributed by atoms with Crippen molar-refractivity contribution in [2.45, 2.75) is 26.4 Å². The summed E-state index contributed by atoms with van der Waals surface area (Å²) in [6, 6.07) is 17.0. The Hall–Kier alpha value is -2.46. The molecule has 0 radical (unpaired) electrons. The molecule has 0 bridgehead atoms. The van der Waals surface area contributed by atoms with Gasteiger partial charge < -0.3 is 15.4 Å². The Labute approximate surface area is 201 Å². The van der Waals surface area contributed by atoms with Gasteiger partial charge in [-0.25, -0.2) is 9.67 Å². The zero-order valence-electron chi connectivity index (χ0n) is 18.1. The maximum Gasteiger partial charge on any atom is 0.191 e. The standard InChI is InChI=1S/C23H30N6O.HI/c1-3-30-14-6-13-26-23(24-2)27-15-21-7-4-5-8-22(21)20-11-9-19(10-12-20)16-29-18-25-17-28-29;/h4-5,7-12,17-18H,3,6,13-16H2,1-2H3,(H2,24,26,27);1H. The highest BCUT2D eigenvalue weighted by molar-refractivity contribution is 14.0. The van der Waals surface area contributed by atoms with Gasteiger partial charge in [-0.15, -0.1) is 24.0 Å². The zero-order chi connectivity index (χ0) is 21.0. The fourth-order valence-electron chi connectivity index (χ4n) is 3.17. The monoisotopic (exact) mass is 534 g/mol. The molecule has 3 rings (SSSR count). The van der Waals surface area contributed by atoms with E-state index >= 15 is 0 Å². The number of aromatic nitrogens is 3. The van der Waals surface area contributed by atoms with E-state index in [4.69, 9.17) is 4.74 Å². The van der Waals surface area contributed by atoms with Crippen LogP contribution < -0.4 is 10.6 Å². The summed E-state index contributed by atoms with van der Waals surface area (Å²) in [5.74, 6) is 0.796. The molecule has 0 unspecified atom stereocenters. The molecule has 0 saturated carbocycles. The summed E-state index contributed by atoms with van der Waals surface area (Å²) in [6.45, 7) is 5.77. The number of nitrogens with zero attached hydrogens (tertiary/aromatic N) is 4. The molecule has 2 aromatic carbocycles. The lowest BCUT2D eigenvalue weighted by Crippen LogP contribution is -2.37. The minimum Gasteiger partial charge on any atom is -0.382 e. The number of benzene rings is 2. The van der Waals surface area contributed by atoms with Gasteiger partial charge in [0.05, 0.1) is 6.54 Å². The van der Waals surface area contributed by atoms with Gasteiger partial charge in [-0.1, -0.05) is 48.5 Å². The van der Waals surface area contributed by atoms with Crippen LogP contribution in [0.3, 0.4) is 0 Å². The van der Waals surface area contributed by atoms with Crippen LogP contribution in [0.15, 0.2) is 66.2 Å². The highest BCUT2D eigenvalue weighted by Gasteiger charge is 2.06. The Balaban J connectivity index is 0.00000341. The van der Waals surface area contributed by atoms with Crippen LogP contribution >= 0.6 is 24.0 Å². The predicted molar refractivity (Wildman–Crippen MR) is 136 cm³/mol. The number of rotatable bonds is 10. The molecule has 166 valence electrons. The molecule has 0 aliphatic carbocycles. The third-order valence-corrected chi connectivity index (χ3v) is 4.73. The highest BCUT2D eigenvalue weighted by atomic mass is 127. The van der Waals surface area contributed by atoms with Gasteiger partial charge in [0.25, 0.3) is 0 Å². The minimum absolute atomic E-state index is 0. The van der Waals surface area contributed by atoms with Crippen LogP contribution in [0.25, 0.3) is 11.1 Å². The minimum atomic E-state index is 0. The second kappa shape index (κ2) is 13.8. The van der Waals surface area contributed by atoms with Gasteiger partial charge in [0.2, 0.25) is 0 Å². The summed E-state index contributed by atoms with van der Waals surface area (Å²) < 4.78 is 7.19. The molecule has 7 nitrogen and oxygen atoms in total. The zero-order valence-corrected chi connectivity index (χ0v) is 20.5. The van der Waals surface area contributed by atoms with Crippen LogP contribution in [-0.2, 0) is 17.8 Å². The molecule has 0 aliphatic heterocycles. The molecule has 8 heteroatoms. The highest BCUT2D eigenvalue weighted by Crippen LogP contribution is 2.24. The van der Waals surface area contributed by atoms with Gasteiger partial charge in [-0.05, 0) is 35.6 Å². The summed E-state index contributed by atoms with van der Waals surface area (Å²) in [7, 11) is 1.79. The average molecular weight is 534 g/mol. The van der Waals surface area contributed by atoms with Gasteiger partial charge in [0.1, 0.15) is 12.7 Å². The van der Waals surface area contributed by atoms with Crippen LogP contribution in [0.1, 0.15) is 24.5 Å². The van der Waals surface area contributed by atoms with Crippen LogP contribution in [0.2, 0.25) is 0 Å². The van der Waals surface area contributed by atoms with E-state index in [1.807, 2.05) is 11.6 Å². The Morgan fingerprint density at radius 1 is 1.10 bits per heavy atom. The smallest absolute Gasteiger partial charge is 0.191 e. The average Bonchev–Trinajstić information content (AvgIpc) is 3.29. The first-order valence-electron chi connectivity index (χ1n) is 10.3. The second-order valence-corrected chi connectivity index (χ2v) is 6.85. The third kappa shape index (κ3) is 7.95. The lowest BCUT2D eigenvalue weighted by atomic mass is 9.98. The Kier molecular flexibility index (Phi) is 11.0. The van der Waals surface area contributed by atoms with Gasteiger partial charge in [-0.3, -0.25) is 4.99 Å². The normalized spacial score (nSPS) is 11.1. The summed E-state index contributed by atoms with van der Waals surface area (Å²) in [5, 5.41) is 10.9. The van der Waals surface area contributed by atoms with Crippen molar-refractivity contribution in [2.75, 3.05) is 26.8 Å². The van der Waals surface area contributed by atoms with E-state index in [0.29, 0.717) is 6.54 Å². The maximum atomic E-state index is 5.37. The van der Waals surface area contributed by atoms with Crippen molar-refractivity contribution in [3.05, 3.63) is 72.3 Å². The Bertz CT molecular complexity index is 912. The first-order chi connectivity index (χ1) is 14.8. The van der Waals surface area contributed by atoms with Gasteiger partial charge in [0, 0.05) is 33.4 Å². The number of nitrogens with one attached hydrogen (secondary N) is 2. The lowest BCUT2D eigenvalue weighted by molar-refractivity contribution is 0.145. The van der Waals surface area contributed by atoms with E-state index in [0.717, 1.165) is 38.7 Å². The molecule has 0 saturated heterocycles. The molecule has 0 fully saturated rings. The Morgan fingerprint density at radius 3 is 2.61 bits per heavy atom. The van der Waals surface area contributed by atoms with Crippen molar-refractivity contribution < 1.29 is 4.74 Å². The maximum absolute atomic E-state index is 5.37. The fraction of sp³-hybridized carbons (Fsp3) is 0.348. The first-order valence-corrected chi connectivity index (χ1v) is 10.3.